The fourth-order valence-corrected chi connectivity index (χ4v) is 3.57. The topological polar surface area (TPSA) is 67.9 Å². The fraction of sp³-hybridized carbons (Fsp3) is 0.500. The SMILES string of the molecule is COCCNC(=O)CN1C(=O)/C(=C\c2ccccc2)OC2CCCCC21. The number of amides is 2. The molecule has 2 fully saturated rings. The molecule has 6 heteroatoms. The van der Waals surface area contributed by atoms with Crippen LogP contribution >= 0.6 is 0 Å². The van der Waals surface area contributed by atoms with Gasteiger partial charge in [-0.2, -0.15) is 0 Å². The van der Waals surface area contributed by atoms with Crippen LogP contribution in [0.3, 0.4) is 0 Å². The summed E-state index contributed by atoms with van der Waals surface area (Å²) in [7, 11) is 1.59. The monoisotopic (exact) mass is 358 g/mol. The van der Waals surface area contributed by atoms with Crippen LogP contribution in [0.2, 0.25) is 0 Å². The van der Waals surface area contributed by atoms with Gasteiger partial charge >= 0.3 is 0 Å². The van der Waals surface area contributed by atoms with Crippen molar-refractivity contribution in [1.29, 1.82) is 0 Å². The maximum absolute atomic E-state index is 13.0. The quantitative estimate of drug-likeness (QED) is 0.624. The lowest BCUT2D eigenvalue weighted by atomic mass is 9.89. The van der Waals surface area contributed by atoms with Crippen molar-refractivity contribution < 1.29 is 19.1 Å². The fourth-order valence-electron chi connectivity index (χ4n) is 3.57. The minimum absolute atomic E-state index is 0.0302. The van der Waals surface area contributed by atoms with E-state index in [4.69, 9.17) is 9.47 Å². The van der Waals surface area contributed by atoms with E-state index in [0.717, 1.165) is 31.2 Å². The number of hydrogen-bond donors (Lipinski definition) is 1. The summed E-state index contributed by atoms with van der Waals surface area (Å²) < 4.78 is 11.0. The van der Waals surface area contributed by atoms with E-state index in [1.54, 1.807) is 18.1 Å². The molecule has 3 rings (SSSR count). The number of methoxy groups -OCH3 is 1. The van der Waals surface area contributed by atoms with Gasteiger partial charge in [-0.15, -0.1) is 0 Å². The maximum atomic E-state index is 13.0. The molecule has 1 aliphatic carbocycles. The van der Waals surface area contributed by atoms with Crippen molar-refractivity contribution in [2.75, 3.05) is 26.8 Å². The zero-order valence-corrected chi connectivity index (χ0v) is 15.1. The summed E-state index contributed by atoms with van der Waals surface area (Å²) in [6.45, 7) is 0.946. The lowest BCUT2D eigenvalue weighted by molar-refractivity contribution is -0.151. The molecule has 1 saturated carbocycles. The zero-order valence-electron chi connectivity index (χ0n) is 15.1. The van der Waals surface area contributed by atoms with Gasteiger partial charge in [-0.1, -0.05) is 36.8 Å². The molecule has 1 aliphatic heterocycles. The highest BCUT2D eigenvalue weighted by Gasteiger charge is 2.42. The highest BCUT2D eigenvalue weighted by Crippen LogP contribution is 2.33. The smallest absolute Gasteiger partial charge is 0.289 e. The second kappa shape index (κ2) is 8.85. The third kappa shape index (κ3) is 4.43. The number of benzene rings is 1. The summed E-state index contributed by atoms with van der Waals surface area (Å²) in [6, 6.07) is 9.60. The van der Waals surface area contributed by atoms with Gasteiger partial charge in [-0.25, -0.2) is 0 Å². The Kier molecular flexibility index (Phi) is 6.28. The van der Waals surface area contributed by atoms with E-state index in [0.29, 0.717) is 18.9 Å². The molecule has 2 amide bonds. The Morgan fingerprint density at radius 3 is 2.85 bits per heavy atom. The van der Waals surface area contributed by atoms with Crippen LogP contribution in [-0.2, 0) is 19.1 Å². The molecule has 0 radical (unpaired) electrons. The summed E-state index contributed by atoms with van der Waals surface area (Å²) in [5.41, 5.74) is 0.912. The third-order valence-corrected chi connectivity index (χ3v) is 4.86. The van der Waals surface area contributed by atoms with Gasteiger partial charge in [0.2, 0.25) is 5.91 Å². The van der Waals surface area contributed by atoms with Crippen LogP contribution in [0.15, 0.2) is 36.1 Å². The van der Waals surface area contributed by atoms with Crippen LogP contribution in [0, 0.1) is 0 Å². The van der Waals surface area contributed by atoms with Crippen LogP contribution in [0.4, 0.5) is 0 Å². The largest absolute Gasteiger partial charge is 0.482 e. The van der Waals surface area contributed by atoms with Gasteiger partial charge < -0.3 is 19.7 Å². The molecule has 2 atom stereocenters. The number of carbonyl (C=O) groups excluding carboxylic acids is 2. The van der Waals surface area contributed by atoms with Crippen molar-refractivity contribution in [3.63, 3.8) is 0 Å². The van der Waals surface area contributed by atoms with Gasteiger partial charge in [0.25, 0.3) is 5.91 Å². The molecular weight excluding hydrogens is 332 g/mol. The lowest BCUT2D eigenvalue weighted by Gasteiger charge is -2.44. The summed E-state index contributed by atoms with van der Waals surface area (Å²) >= 11 is 0. The number of hydrogen-bond acceptors (Lipinski definition) is 4. The summed E-state index contributed by atoms with van der Waals surface area (Å²) in [4.78, 5) is 26.9. The van der Waals surface area contributed by atoms with E-state index < -0.39 is 0 Å². The zero-order chi connectivity index (χ0) is 18.4. The second-order valence-corrected chi connectivity index (χ2v) is 6.70. The number of morpholine rings is 1. The minimum Gasteiger partial charge on any atom is -0.482 e. The van der Waals surface area contributed by atoms with E-state index in [1.807, 2.05) is 30.3 Å². The average molecular weight is 358 g/mol. The first-order valence-electron chi connectivity index (χ1n) is 9.19. The molecule has 2 unspecified atom stereocenters. The summed E-state index contributed by atoms with van der Waals surface area (Å²) in [5, 5.41) is 2.79. The number of carbonyl (C=O) groups is 2. The Bertz CT molecular complexity index is 659. The predicted molar refractivity (Wildman–Crippen MR) is 98.1 cm³/mol. The maximum Gasteiger partial charge on any atom is 0.289 e. The van der Waals surface area contributed by atoms with Crippen LogP contribution in [-0.4, -0.2) is 55.7 Å². The van der Waals surface area contributed by atoms with Gasteiger partial charge in [0.1, 0.15) is 12.6 Å². The van der Waals surface area contributed by atoms with E-state index in [1.165, 1.54) is 0 Å². The van der Waals surface area contributed by atoms with Crippen molar-refractivity contribution >= 4 is 17.9 Å². The molecule has 0 aromatic heterocycles. The third-order valence-electron chi connectivity index (χ3n) is 4.86. The first-order valence-corrected chi connectivity index (χ1v) is 9.19. The van der Waals surface area contributed by atoms with Crippen LogP contribution in [0.25, 0.3) is 6.08 Å². The lowest BCUT2D eigenvalue weighted by Crippen LogP contribution is -2.57. The first-order chi connectivity index (χ1) is 12.7. The van der Waals surface area contributed by atoms with Crippen molar-refractivity contribution in [3.8, 4) is 0 Å². The summed E-state index contributed by atoms with van der Waals surface area (Å²) in [5.74, 6) is -0.0522. The Labute approximate surface area is 154 Å². The number of nitrogens with one attached hydrogen (secondary N) is 1. The molecule has 26 heavy (non-hydrogen) atoms. The average Bonchev–Trinajstić information content (AvgIpc) is 2.66. The van der Waals surface area contributed by atoms with Crippen LogP contribution in [0.1, 0.15) is 31.2 Å². The molecule has 1 saturated heterocycles. The summed E-state index contributed by atoms with van der Waals surface area (Å²) in [6.07, 6.45) is 5.65. The van der Waals surface area contributed by atoms with E-state index >= 15 is 0 Å². The number of ether oxygens (including phenoxy) is 2. The Balaban J connectivity index is 1.77. The molecule has 1 aromatic carbocycles. The standard InChI is InChI=1S/C20H26N2O4/c1-25-12-11-21-19(23)14-22-16-9-5-6-10-17(16)26-18(20(22)24)13-15-7-3-2-4-8-15/h2-4,7-8,13,16-17H,5-6,9-12,14H2,1H3,(H,21,23)/b18-13+. The van der Waals surface area contributed by atoms with Crippen molar-refractivity contribution in [3.05, 3.63) is 41.7 Å². The molecule has 0 bridgehead atoms. The van der Waals surface area contributed by atoms with E-state index in [9.17, 15) is 9.59 Å². The Morgan fingerprint density at radius 2 is 2.08 bits per heavy atom. The van der Waals surface area contributed by atoms with Gasteiger partial charge in [-0.3, -0.25) is 9.59 Å². The highest BCUT2D eigenvalue weighted by molar-refractivity contribution is 5.98. The normalized spacial score (nSPS) is 24.1. The molecule has 1 aromatic rings. The minimum atomic E-state index is -0.209. The van der Waals surface area contributed by atoms with Crippen LogP contribution < -0.4 is 5.32 Å². The van der Waals surface area contributed by atoms with Crippen molar-refractivity contribution in [2.45, 2.75) is 37.8 Å². The van der Waals surface area contributed by atoms with E-state index in [-0.39, 0.29) is 30.5 Å². The van der Waals surface area contributed by atoms with Gasteiger partial charge in [-0.05, 0) is 30.9 Å². The highest BCUT2D eigenvalue weighted by atomic mass is 16.5. The molecule has 6 nitrogen and oxygen atoms in total. The molecule has 0 spiro atoms. The second-order valence-electron chi connectivity index (χ2n) is 6.70. The number of nitrogens with zero attached hydrogens (tertiary/aromatic N) is 1. The number of fused-ring (bicyclic) bond motifs is 1. The van der Waals surface area contributed by atoms with Crippen molar-refractivity contribution in [1.82, 2.24) is 10.2 Å². The molecule has 140 valence electrons. The first kappa shape index (κ1) is 18.5. The van der Waals surface area contributed by atoms with Gasteiger partial charge in [0, 0.05) is 13.7 Å². The molecule has 1 N–H and O–H groups in total. The van der Waals surface area contributed by atoms with E-state index in [2.05, 4.69) is 5.32 Å². The molecule has 1 heterocycles. The molecule has 2 aliphatic rings. The molecular formula is C20H26N2O4. The van der Waals surface area contributed by atoms with Gasteiger partial charge in [0.05, 0.1) is 12.6 Å². The predicted octanol–water partition coefficient (Wildman–Crippen LogP) is 1.96. The van der Waals surface area contributed by atoms with Gasteiger partial charge in [0.15, 0.2) is 5.76 Å². The Morgan fingerprint density at radius 1 is 1.31 bits per heavy atom. The Hall–Kier alpha value is -2.34. The van der Waals surface area contributed by atoms with Crippen LogP contribution in [0.5, 0.6) is 0 Å². The number of rotatable bonds is 6. The van der Waals surface area contributed by atoms with Crippen molar-refractivity contribution in [2.24, 2.45) is 0 Å².